The van der Waals surface area contributed by atoms with E-state index in [0.717, 1.165) is 51.2 Å². The van der Waals surface area contributed by atoms with E-state index in [9.17, 15) is 0 Å². The summed E-state index contributed by atoms with van der Waals surface area (Å²) in [5.41, 5.74) is 34.3. The smallest absolute Gasteiger partial charge is 0.0938 e. The van der Waals surface area contributed by atoms with Crippen LogP contribution < -0.4 is 22.9 Å². The highest BCUT2D eigenvalue weighted by molar-refractivity contribution is 5.73. The third-order valence-electron chi connectivity index (χ3n) is 7.26. The molecule has 1 heterocycles. The largest absolute Gasteiger partial charge is 0.501 e. The highest BCUT2D eigenvalue weighted by Crippen LogP contribution is 2.49. The van der Waals surface area contributed by atoms with E-state index >= 15 is 0 Å². The molecule has 0 saturated heterocycles. The van der Waals surface area contributed by atoms with Crippen molar-refractivity contribution in [3.63, 3.8) is 0 Å². The SMILES string of the molecule is C/C=C/C(N)=C(\C=C(/C)c1ccc(N)cc1)C(c1cc(-c2ccc(N)cc2)ccc1N)C1(C)CC=COC1. The van der Waals surface area contributed by atoms with Crippen LogP contribution in [0.1, 0.15) is 44.2 Å². The van der Waals surface area contributed by atoms with Crippen molar-refractivity contribution in [3.05, 3.63) is 120 Å². The molecule has 38 heavy (non-hydrogen) atoms. The molecule has 0 aliphatic carbocycles. The first-order valence-corrected chi connectivity index (χ1v) is 12.9. The maximum Gasteiger partial charge on any atom is 0.0938 e. The van der Waals surface area contributed by atoms with E-state index in [1.54, 1.807) is 6.26 Å². The molecule has 5 heteroatoms. The van der Waals surface area contributed by atoms with Crippen LogP contribution in [0.15, 0.2) is 109 Å². The van der Waals surface area contributed by atoms with Crippen molar-refractivity contribution in [2.45, 2.75) is 33.1 Å². The lowest BCUT2D eigenvalue weighted by atomic mass is 9.66. The van der Waals surface area contributed by atoms with Crippen LogP contribution in [0.3, 0.4) is 0 Å². The quantitative estimate of drug-likeness (QED) is 0.203. The first-order chi connectivity index (χ1) is 18.2. The van der Waals surface area contributed by atoms with Crippen LogP contribution in [0.2, 0.25) is 0 Å². The summed E-state index contributed by atoms with van der Waals surface area (Å²) in [6.07, 6.45) is 10.8. The van der Waals surface area contributed by atoms with Crippen molar-refractivity contribution in [3.8, 4) is 11.1 Å². The van der Waals surface area contributed by atoms with Crippen LogP contribution in [0.25, 0.3) is 16.7 Å². The zero-order valence-electron chi connectivity index (χ0n) is 22.4. The van der Waals surface area contributed by atoms with Gasteiger partial charge < -0.3 is 27.7 Å². The average Bonchev–Trinajstić information content (AvgIpc) is 2.90. The molecule has 0 aromatic heterocycles. The van der Waals surface area contributed by atoms with Gasteiger partial charge in [0.25, 0.3) is 0 Å². The third-order valence-corrected chi connectivity index (χ3v) is 7.26. The second-order valence-corrected chi connectivity index (χ2v) is 10.3. The molecule has 1 aliphatic rings. The number of allylic oxidation sites excluding steroid dienone is 6. The van der Waals surface area contributed by atoms with Crippen molar-refractivity contribution in [2.75, 3.05) is 23.8 Å². The predicted octanol–water partition coefficient (Wildman–Crippen LogP) is 7.02. The summed E-state index contributed by atoms with van der Waals surface area (Å²) in [6, 6.07) is 22.0. The van der Waals surface area contributed by atoms with Crippen molar-refractivity contribution in [1.82, 2.24) is 0 Å². The highest BCUT2D eigenvalue weighted by Gasteiger charge is 2.40. The number of nitrogen functional groups attached to an aromatic ring is 3. The standard InChI is InChI=1S/C33H38N4O/c1-4-6-30(36)28(19-22(2)23-7-12-26(34)13-8-23)32(33(3)17-5-18-38-21-33)29-20-25(11-16-31(29)37)24-9-14-27(35)15-10-24/h4-16,18-20,32H,17,21,34-37H2,1-3H3/b6-4+,22-19+,30-28-. The average molecular weight is 507 g/mol. The van der Waals surface area contributed by atoms with Gasteiger partial charge >= 0.3 is 0 Å². The zero-order valence-corrected chi connectivity index (χ0v) is 22.4. The van der Waals surface area contributed by atoms with E-state index in [2.05, 4.69) is 38.1 Å². The minimum absolute atomic E-state index is 0.138. The van der Waals surface area contributed by atoms with Gasteiger partial charge in [-0.3, -0.25) is 0 Å². The van der Waals surface area contributed by atoms with Crippen molar-refractivity contribution in [2.24, 2.45) is 11.1 Å². The number of hydrogen-bond acceptors (Lipinski definition) is 5. The Morgan fingerprint density at radius 2 is 1.55 bits per heavy atom. The lowest BCUT2D eigenvalue weighted by Gasteiger charge is -2.40. The molecular weight excluding hydrogens is 468 g/mol. The number of hydrogen-bond donors (Lipinski definition) is 4. The van der Waals surface area contributed by atoms with Gasteiger partial charge in [0.2, 0.25) is 0 Å². The fraction of sp³-hybridized carbons (Fsp3) is 0.212. The fourth-order valence-electron chi connectivity index (χ4n) is 5.15. The zero-order chi connectivity index (χ0) is 27.3. The number of ether oxygens (including phenoxy) is 1. The molecule has 0 radical (unpaired) electrons. The van der Waals surface area contributed by atoms with Gasteiger partial charge in [-0.1, -0.05) is 49.4 Å². The summed E-state index contributed by atoms with van der Waals surface area (Å²) >= 11 is 0. The highest BCUT2D eigenvalue weighted by atomic mass is 16.5. The molecule has 0 bridgehead atoms. The molecule has 3 aromatic rings. The molecule has 0 saturated carbocycles. The van der Waals surface area contributed by atoms with Crippen LogP contribution in [0, 0.1) is 5.41 Å². The fourth-order valence-corrected chi connectivity index (χ4v) is 5.15. The molecule has 0 fully saturated rings. The van der Waals surface area contributed by atoms with Crippen molar-refractivity contribution in [1.29, 1.82) is 0 Å². The second kappa shape index (κ2) is 11.3. The molecule has 0 amide bonds. The molecule has 0 spiro atoms. The Morgan fingerprint density at radius 1 is 0.921 bits per heavy atom. The second-order valence-electron chi connectivity index (χ2n) is 10.3. The van der Waals surface area contributed by atoms with Crippen molar-refractivity contribution >= 4 is 22.6 Å². The summed E-state index contributed by atoms with van der Waals surface area (Å²) in [4.78, 5) is 0. The summed E-state index contributed by atoms with van der Waals surface area (Å²) in [7, 11) is 0. The van der Waals surface area contributed by atoms with Crippen molar-refractivity contribution < 1.29 is 4.74 Å². The molecule has 2 atom stereocenters. The summed E-state index contributed by atoms with van der Waals surface area (Å²) in [5, 5.41) is 0. The number of nitrogens with two attached hydrogens (primary N) is 4. The van der Waals surface area contributed by atoms with E-state index < -0.39 is 0 Å². The molecule has 196 valence electrons. The van der Waals surface area contributed by atoms with Crippen LogP contribution >= 0.6 is 0 Å². The van der Waals surface area contributed by atoms with Gasteiger partial charge in [-0.15, -0.1) is 0 Å². The Hall–Kier alpha value is -4.38. The van der Waals surface area contributed by atoms with Crippen LogP contribution in [-0.2, 0) is 4.74 Å². The summed E-state index contributed by atoms with van der Waals surface area (Å²) in [5.74, 6) is -0.138. The normalized spacial score (nSPS) is 19.2. The van der Waals surface area contributed by atoms with Gasteiger partial charge in [-0.25, -0.2) is 0 Å². The minimum atomic E-state index is -0.290. The molecule has 3 aromatic carbocycles. The van der Waals surface area contributed by atoms with E-state index in [-0.39, 0.29) is 11.3 Å². The van der Waals surface area contributed by atoms with Gasteiger partial charge in [0.05, 0.1) is 12.9 Å². The van der Waals surface area contributed by atoms with E-state index in [1.165, 1.54) is 0 Å². The van der Waals surface area contributed by atoms with E-state index in [4.69, 9.17) is 27.7 Å². The molecule has 8 N–H and O–H groups in total. The minimum Gasteiger partial charge on any atom is -0.501 e. The van der Waals surface area contributed by atoms with E-state index in [0.29, 0.717) is 18.0 Å². The summed E-state index contributed by atoms with van der Waals surface area (Å²) in [6.45, 7) is 6.85. The van der Waals surface area contributed by atoms with E-state index in [1.807, 2.05) is 73.7 Å². The van der Waals surface area contributed by atoms with Gasteiger partial charge in [0, 0.05) is 34.1 Å². The number of benzene rings is 3. The molecule has 4 rings (SSSR count). The Balaban J connectivity index is 1.95. The number of rotatable bonds is 7. The summed E-state index contributed by atoms with van der Waals surface area (Å²) < 4.78 is 5.90. The Kier molecular flexibility index (Phi) is 7.96. The maximum atomic E-state index is 6.81. The first kappa shape index (κ1) is 26.7. The molecule has 1 aliphatic heterocycles. The lowest BCUT2D eigenvalue weighted by Crippen LogP contribution is -2.34. The Labute approximate surface area is 226 Å². The first-order valence-electron chi connectivity index (χ1n) is 12.9. The topological polar surface area (TPSA) is 113 Å². The van der Waals surface area contributed by atoms with Crippen LogP contribution in [-0.4, -0.2) is 6.61 Å². The monoisotopic (exact) mass is 506 g/mol. The lowest BCUT2D eigenvalue weighted by molar-refractivity contribution is 0.0915. The van der Waals surface area contributed by atoms with Crippen LogP contribution in [0.5, 0.6) is 0 Å². The molecule has 2 unspecified atom stereocenters. The van der Waals surface area contributed by atoms with Gasteiger partial charge in [0.1, 0.15) is 0 Å². The maximum absolute atomic E-state index is 6.81. The molecular formula is C33H38N4O. The Bertz CT molecular complexity index is 1400. The van der Waals surface area contributed by atoms with Gasteiger partial charge in [-0.05, 0) is 102 Å². The molecule has 5 nitrogen and oxygen atoms in total. The third kappa shape index (κ3) is 5.78. The van der Waals surface area contributed by atoms with Gasteiger partial charge in [-0.2, -0.15) is 0 Å². The predicted molar refractivity (Wildman–Crippen MR) is 162 cm³/mol. The van der Waals surface area contributed by atoms with Crippen LogP contribution in [0.4, 0.5) is 17.1 Å². The number of anilines is 3. The van der Waals surface area contributed by atoms with Gasteiger partial charge in [0.15, 0.2) is 0 Å². The Morgan fingerprint density at radius 3 is 2.16 bits per heavy atom.